The molecule has 0 aromatic rings. The molecule has 32 heavy (non-hydrogen) atoms. The van der Waals surface area contributed by atoms with Crippen molar-refractivity contribution in [2.45, 2.75) is 90.0 Å². The third-order valence-electron chi connectivity index (χ3n) is 6.00. The molecule has 0 heterocycles. The average Bonchev–Trinajstić information content (AvgIpc) is 2.64. The molecule has 0 radical (unpaired) electrons. The minimum atomic E-state index is -1.84. The first-order chi connectivity index (χ1) is 14.4. The van der Waals surface area contributed by atoms with Crippen molar-refractivity contribution in [3.8, 4) is 0 Å². The molecule has 0 spiro atoms. The maximum atomic E-state index is 8.68. The normalized spacial score (nSPS) is 14.9. The van der Waals surface area contributed by atoms with Crippen LogP contribution in [0.5, 0.6) is 0 Å². The fourth-order valence-corrected chi connectivity index (χ4v) is 4.21. The fourth-order valence-electron chi connectivity index (χ4n) is 1.85. The Morgan fingerprint density at radius 2 is 1.22 bits per heavy atom. The number of ether oxygens (including phenoxy) is 2. The summed E-state index contributed by atoms with van der Waals surface area (Å²) < 4.78 is 23.4. The van der Waals surface area contributed by atoms with E-state index >= 15 is 0 Å². The molecule has 0 aromatic heterocycles. The minimum absolute atomic E-state index is 0.00929. The molecular weight excluding hydrogens is 440 g/mol. The van der Waals surface area contributed by atoms with Crippen molar-refractivity contribution in [3.63, 3.8) is 0 Å². The number of aliphatic hydroxyl groups is 2. The summed E-state index contributed by atoms with van der Waals surface area (Å²) in [7, 11) is -3.62. The van der Waals surface area contributed by atoms with Gasteiger partial charge in [0.05, 0.1) is 45.7 Å². The molecule has 2 N–H and O–H groups in total. The van der Waals surface area contributed by atoms with E-state index in [-0.39, 0.29) is 29.4 Å². The van der Waals surface area contributed by atoms with Gasteiger partial charge in [-0.3, -0.25) is 0 Å². The van der Waals surface area contributed by atoms with Gasteiger partial charge in [-0.15, -0.1) is 13.2 Å². The van der Waals surface area contributed by atoms with Crippen LogP contribution in [0.25, 0.3) is 0 Å². The van der Waals surface area contributed by atoms with Gasteiger partial charge in [0, 0.05) is 0 Å². The zero-order valence-corrected chi connectivity index (χ0v) is 24.5. The van der Waals surface area contributed by atoms with Crippen LogP contribution in [0.2, 0.25) is 36.3 Å². The molecule has 0 fully saturated rings. The van der Waals surface area contributed by atoms with Gasteiger partial charge >= 0.3 is 0 Å². The van der Waals surface area contributed by atoms with Crippen LogP contribution in [-0.2, 0) is 18.3 Å². The van der Waals surface area contributed by atoms with Crippen LogP contribution in [0.4, 0.5) is 0 Å². The molecule has 2 unspecified atom stereocenters. The summed E-state index contributed by atoms with van der Waals surface area (Å²) in [6.07, 6.45) is 2.59. The van der Waals surface area contributed by atoms with E-state index < -0.39 is 22.7 Å². The fraction of sp³-hybridized carbons (Fsp3) is 0.833. The van der Waals surface area contributed by atoms with Crippen molar-refractivity contribution in [3.05, 3.63) is 25.3 Å². The molecule has 0 amide bonds. The van der Waals surface area contributed by atoms with Crippen molar-refractivity contribution in [2.75, 3.05) is 39.6 Å². The Labute approximate surface area is 200 Å². The number of hydrogen-bond donors (Lipinski definition) is 2. The van der Waals surface area contributed by atoms with Crippen LogP contribution in [0.15, 0.2) is 25.3 Å². The highest BCUT2D eigenvalue weighted by Gasteiger charge is 2.41. The molecule has 6 nitrogen and oxygen atoms in total. The van der Waals surface area contributed by atoms with E-state index in [1.54, 1.807) is 12.2 Å². The van der Waals surface area contributed by atoms with E-state index in [0.29, 0.717) is 26.4 Å². The number of hydrogen-bond acceptors (Lipinski definition) is 6. The van der Waals surface area contributed by atoms with Crippen LogP contribution >= 0.6 is 0 Å². The molecule has 0 bridgehead atoms. The first kappa shape index (κ1) is 33.8. The van der Waals surface area contributed by atoms with Crippen LogP contribution in [0.1, 0.15) is 41.5 Å². The predicted octanol–water partition coefficient (Wildman–Crippen LogP) is 5.14. The zero-order chi connectivity index (χ0) is 25.6. The van der Waals surface area contributed by atoms with Crippen molar-refractivity contribution >= 4 is 16.6 Å². The van der Waals surface area contributed by atoms with Crippen LogP contribution in [-0.4, -0.2) is 78.7 Å². The summed E-state index contributed by atoms with van der Waals surface area (Å²) in [5.74, 6) is 0. The number of rotatable bonds is 14. The van der Waals surface area contributed by atoms with E-state index in [4.69, 9.17) is 28.5 Å². The smallest absolute Gasteiger partial charge is 0.192 e. The van der Waals surface area contributed by atoms with Crippen molar-refractivity contribution in [1.29, 1.82) is 0 Å². The molecule has 192 valence electrons. The Morgan fingerprint density at radius 1 is 0.781 bits per heavy atom. The van der Waals surface area contributed by atoms with Gasteiger partial charge in [-0.05, 0) is 36.3 Å². The van der Waals surface area contributed by atoms with Crippen molar-refractivity contribution in [2.24, 2.45) is 0 Å². The molecule has 0 rings (SSSR count). The Balaban J connectivity index is 0. The highest BCUT2D eigenvalue weighted by molar-refractivity contribution is 6.74. The highest BCUT2D eigenvalue weighted by atomic mass is 28.4. The zero-order valence-electron chi connectivity index (χ0n) is 22.5. The lowest BCUT2D eigenvalue weighted by Crippen LogP contribution is -2.49. The summed E-state index contributed by atoms with van der Waals surface area (Å²) in [6, 6.07) is 0. The van der Waals surface area contributed by atoms with E-state index in [1.807, 2.05) is 0 Å². The lowest BCUT2D eigenvalue weighted by molar-refractivity contribution is 0.0150. The van der Waals surface area contributed by atoms with Crippen molar-refractivity contribution < 1.29 is 28.5 Å². The van der Waals surface area contributed by atoms with Gasteiger partial charge in [-0.2, -0.15) is 0 Å². The van der Waals surface area contributed by atoms with Gasteiger partial charge in [0.25, 0.3) is 0 Å². The van der Waals surface area contributed by atoms with Gasteiger partial charge in [-0.1, -0.05) is 53.7 Å². The van der Waals surface area contributed by atoms with E-state index in [1.165, 1.54) is 0 Å². The van der Waals surface area contributed by atoms with Gasteiger partial charge in [0.15, 0.2) is 16.6 Å². The SMILES string of the molecule is C=CCOCC(CO[Si](C)(C)C(C)(C)C)O[Si](C)(C)C(C)(C)C.C=CCOCC(O)CO. The van der Waals surface area contributed by atoms with Gasteiger partial charge in [-0.25, -0.2) is 0 Å². The van der Waals surface area contributed by atoms with Gasteiger partial charge in [0.1, 0.15) is 6.10 Å². The molecular formula is C24H52O6Si2. The van der Waals surface area contributed by atoms with Crippen LogP contribution in [0, 0.1) is 0 Å². The summed E-state index contributed by atoms with van der Waals surface area (Å²) >= 11 is 0. The monoisotopic (exact) mass is 492 g/mol. The molecule has 0 aliphatic heterocycles. The summed E-state index contributed by atoms with van der Waals surface area (Å²) in [6.45, 7) is 31.9. The standard InChI is InChI=1S/C18H40O3Si2.C6H12O3/c1-12-13-19-14-16(21-23(10,11)18(5,6)7)15-20-22(8,9)17(2,3)4;1-2-3-9-5-6(8)4-7/h12,16H,1,13-15H2,2-11H3;2,6-8H,1,3-5H2. The van der Waals surface area contributed by atoms with Gasteiger partial charge < -0.3 is 28.5 Å². The van der Waals surface area contributed by atoms with E-state index in [2.05, 4.69) is 80.9 Å². The molecule has 8 heteroatoms. The maximum Gasteiger partial charge on any atom is 0.192 e. The summed E-state index contributed by atoms with van der Waals surface area (Å²) in [4.78, 5) is 0. The molecule has 0 aromatic carbocycles. The van der Waals surface area contributed by atoms with E-state index in [9.17, 15) is 0 Å². The Morgan fingerprint density at radius 3 is 1.59 bits per heavy atom. The van der Waals surface area contributed by atoms with Gasteiger partial charge in [0.2, 0.25) is 0 Å². The minimum Gasteiger partial charge on any atom is -0.414 e. The van der Waals surface area contributed by atoms with E-state index in [0.717, 1.165) is 0 Å². The third kappa shape index (κ3) is 14.7. The predicted molar refractivity (Wildman–Crippen MR) is 140 cm³/mol. The molecule has 0 saturated carbocycles. The average molecular weight is 493 g/mol. The summed E-state index contributed by atoms with van der Waals surface area (Å²) in [5, 5.41) is 17.3. The largest absolute Gasteiger partial charge is 0.414 e. The Kier molecular flexibility index (Phi) is 16.4. The second-order valence-corrected chi connectivity index (χ2v) is 20.6. The Hall–Kier alpha value is -0.326. The first-order valence-corrected chi connectivity index (χ1v) is 17.2. The lowest BCUT2D eigenvalue weighted by Gasteiger charge is -2.41. The maximum absolute atomic E-state index is 8.68. The number of aliphatic hydroxyl groups excluding tert-OH is 2. The second kappa shape index (κ2) is 15.6. The highest BCUT2D eigenvalue weighted by Crippen LogP contribution is 2.39. The molecule has 2 atom stereocenters. The second-order valence-electron chi connectivity index (χ2n) is 11.1. The summed E-state index contributed by atoms with van der Waals surface area (Å²) in [5.41, 5.74) is 0. The molecule has 0 aliphatic rings. The quantitative estimate of drug-likeness (QED) is 0.198. The molecule has 0 aliphatic carbocycles. The molecule has 0 saturated heterocycles. The third-order valence-corrected chi connectivity index (χ3v) is 15.0. The van der Waals surface area contributed by atoms with Crippen LogP contribution < -0.4 is 0 Å². The topological polar surface area (TPSA) is 77.4 Å². The van der Waals surface area contributed by atoms with Crippen LogP contribution in [0.3, 0.4) is 0 Å². The lowest BCUT2D eigenvalue weighted by atomic mass is 10.2. The van der Waals surface area contributed by atoms with Crippen molar-refractivity contribution in [1.82, 2.24) is 0 Å². The Bertz CT molecular complexity index is 510. The first-order valence-electron chi connectivity index (χ1n) is 11.4.